The quantitative estimate of drug-likeness (QED) is 0.774. The van der Waals surface area contributed by atoms with Crippen LogP contribution in [0.25, 0.3) is 0 Å². The fourth-order valence-corrected chi connectivity index (χ4v) is 3.96. The minimum absolute atomic E-state index is 0.00720. The van der Waals surface area contributed by atoms with E-state index in [1.54, 1.807) is 11.3 Å². The Hall–Kier alpha value is -0.380. The largest absolute Gasteiger partial charge is 0.376 e. The lowest BCUT2D eigenvalue weighted by molar-refractivity contribution is -0.0539. The fraction of sp³-hybridized carbons (Fsp3) is 0.750. The second kappa shape index (κ2) is 7.41. The van der Waals surface area contributed by atoms with Gasteiger partial charge in [0.1, 0.15) is 0 Å². The topological polar surface area (TPSA) is 21.3 Å². The molecule has 2 nitrogen and oxygen atoms in total. The molecule has 1 N–H and O–H groups in total. The van der Waals surface area contributed by atoms with Crippen LogP contribution >= 0.6 is 11.3 Å². The van der Waals surface area contributed by atoms with E-state index in [2.05, 4.69) is 29.1 Å². The summed E-state index contributed by atoms with van der Waals surface area (Å²) >= 11 is 1.78. The number of methoxy groups -OCH3 is 1. The van der Waals surface area contributed by atoms with Crippen molar-refractivity contribution >= 4 is 11.3 Å². The summed E-state index contributed by atoms with van der Waals surface area (Å²) in [6.45, 7) is 3.29. The third-order valence-corrected chi connectivity index (χ3v) is 5.06. The average molecular weight is 281 g/mol. The predicted octanol–water partition coefficient (Wildman–Crippen LogP) is 4.53. The van der Waals surface area contributed by atoms with Crippen LogP contribution in [0.4, 0.5) is 0 Å². The van der Waals surface area contributed by atoms with E-state index in [-0.39, 0.29) is 5.60 Å². The zero-order valence-corrected chi connectivity index (χ0v) is 13.1. The summed E-state index contributed by atoms with van der Waals surface area (Å²) in [4.78, 5) is 0. The monoisotopic (exact) mass is 281 g/mol. The van der Waals surface area contributed by atoms with Gasteiger partial charge in [0.05, 0.1) is 11.6 Å². The van der Waals surface area contributed by atoms with Gasteiger partial charge in [0.15, 0.2) is 0 Å². The van der Waals surface area contributed by atoms with E-state index in [1.807, 2.05) is 7.11 Å². The highest BCUT2D eigenvalue weighted by molar-refractivity contribution is 7.07. The lowest BCUT2D eigenvalue weighted by Crippen LogP contribution is -2.45. The smallest absolute Gasteiger partial charge is 0.0872 e. The molecule has 2 rings (SSSR count). The summed E-state index contributed by atoms with van der Waals surface area (Å²) in [6, 6.07) is 2.60. The summed E-state index contributed by atoms with van der Waals surface area (Å²) < 4.78 is 6.08. The Morgan fingerprint density at radius 2 is 2.05 bits per heavy atom. The molecule has 3 heteroatoms. The maximum Gasteiger partial charge on any atom is 0.0872 e. The minimum atomic E-state index is -0.00720. The van der Waals surface area contributed by atoms with E-state index >= 15 is 0 Å². The molecule has 1 aliphatic rings. The van der Waals surface area contributed by atoms with Gasteiger partial charge in [-0.15, -0.1) is 0 Å². The molecule has 0 aromatic carbocycles. The first kappa shape index (κ1) is 15.0. The van der Waals surface area contributed by atoms with Crippen LogP contribution in [-0.4, -0.2) is 19.3 Å². The molecule has 0 radical (unpaired) electrons. The molecule has 0 bridgehead atoms. The van der Waals surface area contributed by atoms with Crippen molar-refractivity contribution in [3.05, 3.63) is 22.4 Å². The van der Waals surface area contributed by atoms with Crippen LogP contribution in [0, 0.1) is 0 Å². The first-order valence-electron chi connectivity index (χ1n) is 7.63. The summed E-state index contributed by atoms with van der Waals surface area (Å²) in [6.07, 6.45) is 8.83. The van der Waals surface area contributed by atoms with Crippen LogP contribution in [0.2, 0.25) is 0 Å². The number of ether oxygens (including phenoxy) is 1. The Balaban J connectivity index is 2.22. The van der Waals surface area contributed by atoms with Crippen LogP contribution in [-0.2, 0) is 4.74 Å². The van der Waals surface area contributed by atoms with Crippen molar-refractivity contribution in [1.29, 1.82) is 0 Å². The van der Waals surface area contributed by atoms with Gasteiger partial charge in [-0.3, -0.25) is 0 Å². The molecule has 1 aromatic rings. The van der Waals surface area contributed by atoms with Crippen LogP contribution in [0.15, 0.2) is 16.8 Å². The molecule has 0 saturated heterocycles. The van der Waals surface area contributed by atoms with E-state index in [9.17, 15) is 0 Å². The van der Waals surface area contributed by atoms with Crippen molar-refractivity contribution < 1.29 is 4.74 Å². The number of rotatable bonds is 6. The van der Waals surface area contributed by atoms with E-state index in [1.165, 1.54) is 50.5 Å². The molecule has 0 amide bonds. The van der Waals surface area contributed by atoms with Gasteiger partial charge in [-0.2, -0.15) is 11.3 Å². The van der Waals surface area contributed by atoms with Gasteiger partial charge in [0.25, 0.3) is 0 Å². The van der Waals surface area contributed by atoms with Crippen molar-refractivity contribution in [2.24, 2.45) is 0 Å². The molecule has 0 spiro atoms. The second-order valence-electron chi connectivity index (χ2n) is 5.63. The Morgan fingerprint density at radius 3 is 2.58 bits per heavy atom. The molecule has 108 valence electrons. The van der Waals surface area contributed by atoms with E-state index in [4.69, 9.17) is 4.74 Å². The van der Waals surface area contributed by atoms with Gasteiger partial charge >= 0.3 is 0 Å². The maximum absolute atomic E-state index is 6.08. The van der Waals surface area contributed by atoms with Crippen LogP contribution in [0.5, 0.6) is 0 Å². The third kappa shape index (κ3) is 3.59. The summed E-state index contributed by atoms with van der Waals surface area (Å²) in [5.74, 6) is 0. The van der Waals surface area contributed by atoms with Gasteiger partial charge in [-0.1, -0.05) is 32.6 Å². The second-order valence-corrected chi connectivity index (χ2v) is 6.41. The zero-order chi connectivity index (χ0) is 13.6. The van der Waals surface area contributed by atoms with Crippen molar-refractivity contribution in [1.82, 2.24) is 5.32 Å². The molecule has 19 heavy (non-hydrogen) atoms. The minimum Gasteiger partial charge on any atom is -0.376 e. The lowest BCUT2D eigenvalue weighted by Gasteiger charge is -2.39. The van der Waals surface area contributed by atoms with Crippen molar-refractivity contribution in [3.8, 4) is 0 Å². The molecule has 1 saturated carbocycles. The van der Waals surface area contributed by atoms with Crippen molar-refractivity contribution in [2.45, 2.75) is 63.5 Å². The third-order valence-electron chi connectivity index (χ3n) is 4.36. The van der Waals surface area contributed by atoms with Gasteiger partial charge in [0.2, 0.25) is 0 Å². The molecular formula is C16H27NOS. The molecule has 1 fully saturated rings. The SMILES string of the molecule is CCCNC(c1ccsc1)C1(OC)CCCCCC1. The number of nitrogens with one attached hydrogen (secondary N) is 1. The fourth-order valence-electron chi connectivity index (χ4n) is 3.27. The van der Waals surface area contributed by atoms with Gasteiger partial charge in [0, 0.05) is 7.11 Å². The van der Waals surface area contributed by atoms with E-state index < -0.39 is 0 Å². The highest BCUT2D eigenvalue weighted by Gasteiger charge is 2.39. The number of hydrogen-bond acceptors (Lipinski definition) is 3. The molecule has 1 heterocycles. The van der Waals surface area contributed by atoms with Gasteiger partial charge in [-0.25, -0.2) is 0 Å². The first-order chi connectivity index (χ1) is 9.32. The van der Waals surface area contributed by atoms with Crippen LogP contribution in [0.3, 0.4) is 0 Å². The average Bonchev–Trinajstić information content (AvgIpc) is 2.85. The summed E-state index contributed by atoms with van der Waals surface area (Å²) in [7, 11) is 1.90. The van der Waals surface area contributed by atoms with Crippen LogP contribution in [0.1, 0.15) is 63.5 Å². The van der Waals surface area contributed by atoms with Gasteiger partial charge in [-0.05, 0) is 48.2 Å². The Labute approximate surface area is 121 Å². The highest BCUT2D eigenvalue weighted by atomic mass is 32.1. The first-order valence-corrected chi connectivity index (χ1v) is 8.57. The molecular weight excluding hydrogens is 254 g/mol. The Morgan fingerprint density at radius 1 is 1.32 bits per heavy atom. The van der Waals surface area contributed by atoms with E-state index in [0.29, 0.717) is 6.04 Å². The summed E-state index contributed by atoms with van der Waals surface area (Å²) in [5, 5.41) is 8.20. The molecule has 1 aliphatic carbocycles. The molecule has 0 aliphatic heterocycles. The lowest BCUT2D eigenvalue weighted by atomic mass is 9.83. The normalized spacial score (nSPS) is 20.9. The molecule has 1 unspecified atom stereocenters. The summed E-state index contributed by atoms with van der Waals surface area (Å²) in [5.41, 5.74) is 1.40. The maximum atomic E-state index is 6.08. The Bertz CT molecular complexity index is 342. The molecule has 1 aromatic heterocycles. The predicted molar refractivity (Wildman–Crippen MR) is 82.8 cm³/mol. The highest BCUT2D eigenvalue weighted by Crippen LogP contribution is 2.40. The van der Waals surface area contributed by atoms with Crippen molar-refractivity contribution in [3.63, 3.8) is 0 Å². The zero-order valence-electron chi connectivity index (χ0n) is 12.3. The Kier molecular flexibility index (Phi) is 5.86. The van der Waals surface area contributed by atoms with Crippen LogP contribution < -0.4 is 5.32 Å². The van der Waals surface area contributed by atoms with Gasteiger partial charge < -0.3 is 10.1 Å². The standard InChI is InChI=1S/C16H27NOS/c1-3-11-17-15(14-8-12-19-13-14)16(18-2)9-6-4-5-7-10-16/h8,12-13,15,17H,3-7,9-11H2,1-2H3. The molecule has 1 atom stereocenters. The number of hydrogen-bond donors (Lipinski definition) is 1. The van der Waals surface area contributed by atoms with Crippen molar-refractivity contribution in [2.75, 3.05) is 13.7 Å². The number of thiophene rings is 1. The van der Waals surface area contributed by atoms with E-state index in [0.717, 1.165) is 6.54 Å².